The number of carbonyl (C=O) groups is 1. The number of fused-ring (bicyclic) bond motifs is 1. The van der Waals surface area contributed by atoms with E-state index in [0.29, 0.717) is 27.7 Å². The number of rotatable bonds is 1. The molecule has 2 aliphatic rings. The van der Waals surface area contributed by atoms with E-state index in [-0.39, 0.29) is 6.03 Å². The Hall–Kier alpha value is -0.970. The summed E-state index contributed by atoms with van der Waals surface area (Å²) >= 11 is 12.0. The fourth-order valence-corrected chi connectivity index (χ4v) is 3.34. The van der Waals surface area contributed by atoms with Gasteiger partial charge in [-0.1, -0.05) is 23.2 Å². The number of urea groups is 1. The highest BCUT2D eigenvalue weighted by Crippen LogP contribution is 2.28. The molecule has 0 aromatic heterocycles. The van der Waals surface area contributed by atoms with Crippen molar-refractivity contribution in [2.24, 2.45) is 5.92 Å². The Morgan fingerprint density at radius 3 is 3.00 bits per heavy atom. The van der Waals surface area contributed by atoms with E-state index in [1.165, 1.54) is 12.8 Å². The van der Waals surface area contributed by atoms with Crippen LogP contribution in [0, 0.1) is 5.92 Å². The molecule has 0 bridgehead atoms. The summed E-state index contributed by atoms with van der Waals surface area (Å²) in [5, 5.41) is 7.38. The van der Waals surface area contributed by atoms with Crippen molar-refractivity contribution in [2.75, 3.05) is 25.0 Å². The van der Waals surface area contributed by atoms with E-state index >= 15 is 0 Å². The third-order valence-corrected chi connectivity index (χ3v) is 4.62. The standard InChI is InChI=1S/C14H17Cl2N3O/c15-10-3-4-11(16)12(6-10)18-14(20)19-7-9-2-1-5-17-13(9)8-19/h3-4,6,9,13,17H,1-2,5,7-8H2,(H,18,20). The summed E-state index contributed by atoms with van der Waals surface area (Å²) in [7, 11) is 0. The molecule has 2 amide bonds. The lowest BCUT2D eigenvalue weighted by atomic mass is 9.94. The van der Waals surface area contributed by atoms with Crippen LogP contribution in [0.15, 0.2) is 18.2 Å². The molecule has 2 heterocycles. The summed E-state index contributed by atoms with van der Waals surface area (Å²) in [6.07, 6.45) is 2.39. The van der Waals surface area contributed by atoms with E-state index < -0.39 is 0 Å². The normalized spacial score (nSPS) is 25.4. The van der Waals surface area contributed by atoms with Crippen molar-refractivity contribution in [3.63, 3.8) is 0 Å². The lowest BCUT2D eigenvalue weighted by Crippen LogP contribution is -2.41. The summed E-state index contributed by atoms with van der Waals surface area (Å²) in [5.74, 6) is 0.573. The number of hydrogen-bond donors (Lipinski definition) is 2. The Kier molecular flexibility index (Phi) is 4.06. The number of benzene rings is 1. The first-order chi connectivity index (χ1) is 9.63. The second-order valence-corrected chi connectivity index (χ2v) is 6.27. The average Bonchev–Trinajstić information content (AvgIpc) is 2.87. The van der Waals surface area contributed by atoms with E-state index in [9.17, 15) is 4.79 Å². The number of carbonyl (C=O) groups excluding carboxylic acids is 1. The first kappa shape index (κ1) is 14.0. The van der Waals surface area contributed by atoms with Crippen LogP contribution in [0.3, 0.4) is 0 Å². The first-order valence-electron chi connectivity index (χ1n) is 6.88. The zero-order valence-corrected chi connectivity index (χ0v) is 12.5. The van der Waals surface area contributed by atoms with Gasteiger partial charge in [0.15, 0.2) is 0 Å². The molecule has 2 saturated heterocycles. The number of likely N-dealkylation sites (tertiary alicyclic amines) is 1. The predicted octanol–water partition coefficient (Wildman–Crippen LogP) is 3.21. The van der Waals surface area contributed by atoms with E-state index in [2.05, 4.69) is 10.6 Å². The van der Waals surface area contributed by atoms with Crippen LogP contribution in [0.1, 0.15) is 12.8 Å². The molecule has 3 rings (SSSR count). The molecule has 0 radical (unpaired) electrons. The van der Waals surface area contributed by atoms with E-state index in [4.69, 9.17) is 23.2 Å². The van der Waals surface area contributed by atoms with Crippen LogP contribution >= 0.6 is 23.2 Å². The van der Waals surface area contributed by atoms with Gasteiger partial charge in [-0.2, -0.15) is 0 Å². The van der Waals surface area contributed by atoms with Crippen molar-refractivity contribution in [3.05, 3.63) is 28.2 Å². The maximum Gasteiger partial charge on any atom is 0.321 e. The molecular formula is C14H17Cl2N3O. The summed E-state index contributed by atoms with van der Waals surface area (Å²) < 4.78 is 0. The van der Waals surface area contributed by atoms with Gasteiger partial charge in [-0.3, -0.25) is 0 Å². The van der Waals surface area contributed by atoms with Gasteiger partial charge in [0.25, 0.3) is 0 Å². The molecule has 2 atom stereocenters. The Labute approximate surface area is 128 Å². The highest BCUT2D eigenvalue weighted by atomic mass is 35.5. The number of nitrogens with one attached hydrogen (secondary N) is 2. The zero-order chi connectivity index (χ0) is 14.1. The van der Waals surface area contributed by atoms with Gasteiger partial charge in [-0.15, -0.1) is 0 Å². The molecule has 108 valence electrons. The minimum absolute atomic E-state index is 0.106. The minimum Gasteiger partial charge on any atom is -0.323 e. The molecule has 6 heteroatoms. The molecule has 20 heavy (non-hydrogen) atoms. The second-order valence-electron chi connectivity index (χ2n) is 5.42. The number of halogens is 2. The van der Waals surface area contributed by atoms with Gasteiger partial charge < -0.3 is 15.5 Å². The van der Waals surface area contributed by atoms with Gasteiger partial charge in [-0.05, 0) is 43.5 Å². The minimum atomic E-state index is -0.106. The molecule has 4 nitrogen and oxygen atoms in total. The molecule has 2 fully saturated rings. The van der Waals surface area contributed by atoms with Crippen LogP contribution in [0.25, 0.3) is 0 Å². The SMILES string of the molecule is O=C(Nc1cc(Cl)ccc1Cl)N1CC2CCCNC2C1. The molecule has 0 aliphatic carbocycles. The smallest absolute Gasteiger partial charge is 0.321 e. The second kappa shape index (κ2) is 5.80. The van der Waals surface area contributed by atoms with E-state index in [1.54, 1.807) is 18.2 Å². The number of amides is 2. The Bertz CT molecular complexity index is 509. The van der Waals surface area contributed by atoms with Crippen LogP contribution in [0.4, 0.5) is 10.5 Å². The summed E-state index contributed by atoms with van der Waals surface area (Å²) in [6.45, 7) is 2.62. The molecule has 0 saturated carbocycles. The molecule has 2 N–H and O–H groups in total. The number of anilines is 1. The number of piperidine rings is 1. The lowest BCUT2D eigenvalue weighted by molar-refractivity contribution is 0.220. The maximum absolute atomic E-state index is 12.3. The Morgan fingerprint density at radius 1 is 1.35 bits per heavy atom. The van der Waals surface area contributed by atoms with Gasteiger partial charge >= 0.3 is 6.03 Å². The molecule has 1 aromatic carbocycles. The average molecular weight is 314 g/mol. The highest BCUT2D eigenvalue weighted by Gasteiger charge is 2.36. The predicted molar refractivity (Wildman–Crippen MR) is 81.6 cm³/mol. The lowest BCUT2D eigenvalue weighted by Gasteiger charge is -2.24. The van der Waals surface area contributed by atoms with Gasteiger partial charge in [-0.25, -0.2) is 4.79 Å². The van der Waals surface area contributed by atoms with Crippen LogP contribution in [-0.2, 0) is 0 Å². The van der Waals surface area contributed by atoms with Gasteiger partial charge in [0, 0.05) is 24.2 Å². The Morgan fingerprint density at radius 2 is 2.20 bits per heavy atom. The topological polar surface area (TPSA) is 44.4 Å². The molecule has 0 spiro atoms. The highest BCUT2D eigenvalue weighted by molar-refractivity contribution is 6.35. The largest absolute Gasteiger partial charge is 0.323 e. The molecule has 2 unspecified atom stereocenters. The zero-order valence-electron chi connectivity index (χ0n) is 11.0. The van der Waals surface area contributed by atoms with Crippen molar-refractivity contribution < 1.29 is 4.79 Å². The van der Waals surface area contributed by atoms with Gasteiger partial charge in [0.05, 0.1) is 10.7 Å². The fraction of sp³-hybridized carbons (Fsp3) is 0.500. The molecule has 1 aromatic rings. The third kappa shape index (κ3) is 2.87. The van der Waals surface area contributed by atoms with Crippen molar-refractivity contribution in [3.8, 4) is 0 Å². The number of hydrogen-bond acceptors (Lipinski definition) is 2. The van der Waals surface area contributed by atoms with Crippen molar-refractivity contribution in [1.29, 1.82) is 0 Å². The van der Waals surface area contributed by atoms with Crippen molar-refractivity contribution in [2.45, 2.75) is 18.9 Å². The Balaban J connectivity index is 1.66. The summed E-state index contributed by atoms with van der Waals surface area (Å²) in [5.41, 5.74) is 0.562. The molecule has 2 aliphatic heterocycles. The van der Waals surface area contributed by atoms with Crippen LogP contribution < -0.4 is 10.6 Å². The van der Waals surface area contributed by atoms with Crippen LogP contribution in [-0.4, -0.2) is 36.6 Å². The van der Waals surface area contributed by atoms with Gasteiger partial charge in [0.1, 0.15) is 0 Å². The van der Waals surface area contributed by atoms with Crippen molar-refractivity contribution in [1.82, 2.24) is 10.2 Å². The van der Waals surface area contributed by atoms with Gasteiger partial charge in [0.2, 0.25) is 0 Å². The quantitative estimate of drug-likeness (QED) is 0.836. The van der Waals surface area contributed by atoms with E-state index in [0.717, 1.165) is 19.6 Å². The monoisotopic (exact) mass is 313 g/mol. The van der Waals surface area contributed by atoms with Crippen LogP contribution in [0.2, 0.25) is 10.0 Å². The number of nitrogens with zero attached hydrogens (tertiary/aromatic N) is 1. The maximum atomic E-state index is 12.3. The summed E-state index contributed by atoms with van der Waals surface area (Å²) in [4.78, 5) is 14.2. The third-order valence-electron chi connectivity index (χ3n) is 4.06. The van der Waals surface area contributed by atoms with E-state index in [1.807, 2.05) is 4.90 Å². The van der Waals surface area contributed by atoms with Crippen LogP contribution in [0.5, 0.6) is 0 Å². The van der Waals surface area contributed by atoms with Crippen molar-refractivity contribution >= 4 is 34.9 Å². The first-order valence-corrected chi connectivity index (χ1v) is 7.63. The summed E-state index contributed by atoms with van der Waals surface area (Å²) in [6, 6.07) is 5.39. The fourth-order valence-electron chi connectivity index (χ4n) is 3.00. The molecular weight excluding hydrogens is 297 g/mol.